The minimum Gasteiger partial charge on any atom is -0.475 e. The molecule has 4 N–H and O–H groups in total. The number of benzene rings is 4. The highest BCUT2D eigenvalue weighted by Gasteiger charge is 2.38. The van der Waals surface area contributed by atoms with E-state index in [1.54, 1.807) is 6.33 Å². The zero-order valence-electron chi connectivity index (χ0n) is 24.1. The van der Waals surface area contributed by atoms with Crippen LogP contribution in [0.4, 0.5) is 30.4 Å². The number of nitrogens with one attached hydrogen (secondary N) is 3. The van der Waals surface area contributed by atoms with Gasteiger partial charge in [-0.2, -0.15) is 13.2 Å². The van der Waals surface area contributed by atoms with E-state index < -0.39 is 12.1 Å². The van der Waals surface area contributed by atoms with Crippen LogP contribution in [0.1, 0.15) is 21.5 Å². The fraction of sp³-hybridized carbons (Fsp3) is 0.118. The first-order chi connectivity index (χ1) is 22.2. The van der Waals surface area contributed by atoms with E-state index in [1.807, 2.05) is 78.9 Å². The van der Waals surface area contributed by atoms with E-state index in [-0.39, 0.29) is 5.91 Å². The van der Waals surface area contributed by atoms with Gasteiger partial charge in [-0.3, -0.25) is 4.79 Å². The van der Waals surface area contributed by atoms with Gasteiger partial charge in [0.1, 0.15) is 23.3 Å². The summed E-state index contributed by atoms with van der Waals surface area (Å²) in [5.41, 5.74) is 8.07. The second kappa shape index (κ2) is 12.7. The van der Waals surface area contributed by atoms with Gasteiger partial charge >= 0.3 is 12.1 Å². The fourth-order valence-corrected chi connectivity index (χ4v) is 5.13. The van der Waals surface area contributed by atoms with Gasteiger partial charge in [0.15, 0.2) is 0 Å². The molecule has 0 saturated heterocycles. The van der Waals surface area contributed by atoms with Crippen molar-refractivity contribution >= 4 is 51.0 Å². The largest absolute Gasteiger partial charge is 0.490 e. The maximum Gasteiger partial charge on any atom is 0.490 e. The summed E-state index contributed by atoms with van der Waals surface area (Å²) in [4.78, 5) is 30.6. The summed E-state index contributed by atoms with van der Waals surface area (Å²) in [6, 6.07) is 29.5. The van der Waals surface area contributed by atoms with Crippen LogP contribution in [0.25, 0.3) is 33.2 Å². The van der Waals surface area contributed by atoms with Crippen molar-refractivity contribution in [3.63, 3.8) is 0 Å². The van der Waals surface area contributed by atoms with Gasteiger partial charge in [0.2, 0.25) is 0 Å². The topological polar surface area (TPSA) is 129 Å². The molecule has 232 valence electrons. The molecule has 9 nitrogen and oxygen atoms in total. The molecule has 0 saturated carbocycles. The van der Waals surface area contributed by atoms with Crippen molar-refractivity contribution < 1.29 is 32.3 Å². The first-order valence-corrected chi connectivity index (χ1v) is 14.2. The highest BCUT2D eigenvalue weighted by molar-refractivity contribution is 6.09. The number of para-hydroxylation sites is 2. The lowest BCUT2D eigenvalue weighted by molar-refractivity contribution is -0.192. The Morgan fingerprint density at radius 1 is 0.848 bits per heavy atom. The van der Waals surface area contributed by atoms with Crippen LogP contribution in [-0.4, -0.2) is 39.7 Å². The number of alkyl halides is 3. The first kappa shape index (κ1) is 30.3. The molecule has 12 heteroatoms. The van der Waals surface area contributed by atoms with Crippen LogP contribution in [0.5, 0.6) is 0 Å². The standard InChI is InChI=1S/C32H25N5O2.C2HF3O2/c38-32(21-8-9-22-18-33-15-14-20(22)16-21)37-24-12-10-23(11-13-24)36-30-17-28(34-19-35-30)27-6-3-5-26-25-4-1-2-7-29(25)39-31(26)27;3-2(4,5)1(6)7/h1-13,16-17,19,33H,14-15,18H2,(H,37,38)(H,34,35,36);(H,6,7). The van der Waals surface area contributed by atoms with Crippen molar-refractivity contribution in [2.45, 2.75) is 19.1 Å². The third-order valence-electron chi connectivity index (χ3n) is 7.36. The van der Waals surface area contributed by atoms with Crippen molar-refractivity contribution in [2.24, 2.45) is 0 Å². The Hall–Kier alpha value is -5.75. The Morgan fingerprint density at radius 3 is 2.37 bits per heavy atom. The van der Waals surface area contributed by atoms with Gasteiger partial charge < -0.3 is 25.5 Å². The number of carbonyl (C=O) groups excluding carboxylic acids is 1. The van der Waals surface area contributed by atoms with Crippen LogP contribution in [0.2, 0.25) is 0 Å². The Labute approximate surface area is 260 Å². The summed E-state index contributed by atoms with van der Waals surface area (Å²) in [7, 11) is 0. The Morgan fingerprint density at radius 2 is 1.59 bits per heavy atom. The van der Waals surface area contributed by atoms with Crippen molar-refractivity contribution in [2.75, 3.05) is 17.2 Å². The van der Waals surface area contributed by atoms with Gasteiger partial charge in [-0.1, -0.05) is 36.4 Å². The van der Waals surface area contributed by atoms with Gasteiger partial charge in [-0.05, 0) is 72.6 Å². The summed E-state index contributed by atoms with van der Waals surface area (Å²) in [5.74, 6) is -2.21. The van der Waals surface area contributed by atoms with Crippen molar-refractivity contribution in [1.82, 2.24) is 15.3 Å². The number of carboxylic acids is 1. The summed E-state index contributed by atoms with van der Waals surface area (Å²) in [5, 5.41) is 19.0. The Bertz CT molecular complexity index is 2060. The number of hydrogen-bond acceptors (Lipinski definition) is 7. The van der Waals surface area contributed by atoms with Crippen LogP contribution >= 0.6 is 0 Å². The number of hydrogen-bond donors (Lipinski definition) is 4. The SMILES string of the molecule is O=C(Nc1ccc(Nc2cc(-c3cccc4c3oc3ccccc34)ncn2)cc1)c1ccc2c(c1)CCNC2.O=C(O)C(F)(F)F. The smallest absolute Gasteiger partial charge is 0.475 e. The third-order valence-corrected chi connectivity index (χ3v) is 7.36. The van der Waals surface area contributed by atoms with Crippen molar-refractivity contribution in [3.8, 4) is 11.3 Å². The molecular formula is C34H26F3N5O4. The van der Waals surface area contributed by atoms with E-state index in [9.17, 15) is 18.0 Å². The minimum absolute atomic E-state index is 0.114. The van der Waals surface area contributed by atoms with Crippen LogP contribution < -0.4 is 16.0 Å². The molecule has 0 radical (unpaired) electrons. The number of anilines is 3. The van der Waals surface area contributed by atoms with Gasteiger partial charge in [0.25, 0.3) is 5.91 Å². The highest BCUT2D eigenvalue weighted by Crippen LogP contribution is 2.35. The second-order valence-corrected chi connectivity index (χ2v) is 10.4. The van der Waals surface area contributed by atoms with Crippen LogP contribution in [-0.2, 0) is 17.8 Å². The predicted octanol–water partition coefficient (Wildman–Crippen LogP) is 7.32. The number of aliphatic carboxylic acids is 1. The van der Waals surface area contributed by atoms with Gasteiger partial charge in [-0.25, -0.2) is 14.8 Å². The molecule has 1 aliphatic heterocycles. The van der Waals surface area contributed by atoms with Crippen LogP contribution in [0.15, 0.2) is 102 Å². The molecule has 6 aromatic rings. The number of carbonyl (C=O) groups is 2. The van der Waals surface area contributed by atoms with E-state index in [4.69, 9.17) is 14.3 Å². The second-order valence-electron chi connectivity index (χ2n) is 10.4. The molecular weight excluding hydrogens is 599 g/mol. The van der Waals surface area contributed by atoms with E-state index >= 15 is 0 Å². The molecule has 0 spiro atoms. The molecule has 0 unspecified atom stereocenters. The summed E-state index contributed by atoms with van der Waals surface area (Å²) < 4.78 is 37.9. The average molecular weight is 626 g/mol. The summed E-state index contributed by atoms with van der Waals surface area (Å²) in [6.45, 7) is 1.80. The molecule has 1 amide bonds. The highest BCUT2D eigenvalue weighted by atomic mass is 19.4. The molecule has 7 rings (SSSR count). The first-order valence-electron chi connectivity index (χ1n) is 14.2. The zero-order valence-corrected chi connectivity index (χ0v) is 24.1. The Kier molecular flexibility index (Phi) is 8.36. The number of halogens is 3. The molecule has 3 heterocycles. The van der Waals surface area contributed by atoms with E-state index in [2.05, 4.69) is 38.1 Å². The van der Waals surface area contributed by atoms with Crippen LogP contribution in [0.3, 0.4) is 0 Å². The third kappa shape index (κ3) is 6.66. The molecule has 0 atom stereocenters. The molecule has 2 aromatic heterocycles. The lowest BCUT2D eigenvalue weighted by Gasteiger charge is -2.17. The minimum atomic E-state index is -5.08. The quantitative estimate of drug-likeness (QED) is 0.157. The van der Waals surface area contributed by atoms with E-state index in [0.29, 0.717) is 11.4 Å². The van der Waals surface area contributed by atoms with E-state index in [0.717, 1.165) is 64.1 Å². The van der Waals surface area contributed by atoms with Gasteiger partial charge in [0.05, 0.1) is 5.69 Å². The Balaban J connectivity index is 0.000000480. The van der Waals surface area contributed by atoms with Crippen molar-refractivity contribution in [1.29, 1.82) is 0 Å². The molecule has 1 aliphatic rings. The lowest BCUT2D eigenvalue weighted by atomic mass is 9.98. The molecule has 46 heavy (non-hydrogen) atoms. The molecule has 0 bridgehead atoms. The zero-order chi connectivity index (χ0) is 32.3. The molecule has 0 fully saturated rings. The molecule has 4 aromatic carbocycles. The molecule has 0 aliphatic carbocycles. The number of aromatic nitrogens is 2. The van der Waals surface area contributed by atoms with Gasteiger partial charge in [-0.15, -0.1) is 0 Å². The van der Waals surface area contributed by atoms with Crippen LogP contribution in [0, 0.1) is 0 Å². The number of rotatable bonds is 5. The maximum absolute atomic E-state index is 12.8. The number of fused-ring (bicyclic) bond motifs is 4. The number of amides is 1. The van der Waals surface area contributed by atoms with Crippen molar-refractivity contribution in [3.05, 3.63) is 114 Å². The summed E-state index contributed by atoms with van der Waals surface area (Å²) >= 11 is 0. The lowest BCUT2D eigenvalue weighted by Crippen LogP contribution is -2.24. The number of carboxylic acid groups (broad SMARTS) is 1. The monoisotopic (exact) mass is 625 g/mol. The number of nitrogens with zero attached hydrogens (tertiary/aromatic N) is 2. The average Bonchev–Trinajstić information content (AvgIpc) is 3.44. The van der Waals surface area contributed by atoms with Gasteiger partial charge in [0, 0.05) is 45.9 Å². The normalized spacial score (nSPS) is 12.6. The predicted molar refractivity (Wildman–Crippen MR) is 168 cm³/mol. The maximum atomic E-state index is 12.8. The fourth-order valence-electron chi connectivity index (χ4n) is 5.13. The summed E-state index contributed by atoms with van der Waals surface area (Å²) in [6.07, 6.45) is -2.60. The number of furan rings is 1. The van der Waals surface area contributed by atoms with E-state index in [1.165, 1.54) is 11.1 Å².